The molecule has 0 fully saturated rings. The Morgan fingerprint density at radius 3 is 2.63 bits per heavy atom. The molecule has 0 spiro atoms. The summed E-state index contributed by atoms with van der Waals surface area (Å²) >= 11 is 0. The van der Waals surface area contributed by atoms with Gasteiger partial charge in [0.05, 0.1) is 18.3 Å². The Bertz CT molecular complexity index is 460. The average molecular weight is 265 g/mol. The molecule has 1 atom stereocenters. The number of carboxylic acid groups (broad SMARTS) is 1. The van der Waals surface area contributed by atoms with Gasteiger partial charge in [-0.15, -0.1) is 0 Å². The van der Waals surface area contributed by atoms with Gasteiger partial charge in [0.1, 0.15) is 0 Å². The van der Waals surface area contributed by atoms with Crippen molar-refractivity contribution < 1.29 is 14.7 Å². The van der Waals surface area contributed by atoms with Gasteiger partial charge in [0, 0.05) is 12.2 Å². The molecule has 0 aromatic carbocycles. The molecule has 0 radical (unpaired) electrons. The number of hydrogen-bond acceptors (Lipinski definition) is 3. The van der Waals surface area contributed by atoms with E-state index >= 15 is 0 Å². The van der Waals surface area contributed by atoms with Gasteiger partial charge in [0.15, 0.2) is 0 Å². The summed E-state index contributed by atoms with van der Waals surface area (Å²) in [5, 5.41) is 14.1. The van der Waals surface area contributed by atoms with Gasteiger partial charge >= 0.3 is 12.0 Å². The number of aryl methyl sites for hydroxylation is 1. The lowest BCUT2D eigenvalue weighted by atomic mass is 10.0. The Morgan fingerprint density at radius 1 is 1.42 bits per heavy atom. The van der Waals surface area contributed by atoms with Gasteiger partial charge in [0.25, 0.3) is 0 Å². The summed E-state index contributed by atoms with van der Waals surface area (Å²) in [6, 6.07) is 0.956. The fourth-order valence-corrected chi connectivity index (χ4v) is 1.56. The van der Waals surface area contributed by atoms with Crippen molar-refractivity contribution in [2.75, 3.05) is 5.32 Å². The van der Waals surface area contributed by atoms with E-state index in [0.717, 1.165) is 5.56 Å². The Morgan fingerprint density at radius 2 is 2.11 bits per heavy atom. The number of nitrogens with zero attached hydrogens (tertiary/aromatic N) is 1. The summed E-state index contributed by atoms with van der Waals surface area (Å²) in [6.45, 7) is 5.58. The number of pyridine rings is 1. The van der Waals surface area contributed by atoms with E-state index in [2.05, 4.69) is 15.6 Å². The van der Waals surface area contributed by atoms with Crippen LogP contribution in [-0.4, -0.2) is 28.1 Å². The van der Waals surface area contributed by atoms with Crippen molar-refractivity contribution in [3.05, 3.63) is 24.0 Å². The minimum absolute atomic E-state index is 0.0387. The van der Waals surface area contributed by atoms with E-state index < -0.39 is 18.0 Å². The molecule has 1 rings (SSSR count). The molecular weight excluding hydrogens is 246 g/mol. The maximum Gasteiger partial charge on any atom is 0.319 e. The number of anilines is 1. The summed E-state index contributed by atoms with van der Waals surface area (Å²) in [7, 11) is 0. The summed E-state index contributed by atoms with van der Waals surface area (Å²) in [5.41, 5.74) is 1.50. The number of aliphatic carboxylic acids is 1. The number of hydrogen-bond donors (Lipinski definition) is 3. The first-order valence-electron chi connectivity index (χ1n) is 6.10. The smallest absolute Gasteiger partial charge is 0.319 e. The van der Waals surface area contributed by atoms with E-state index in [9.17, 15) is 9.59 Å². The molecule has 1 unspecified atom stereocenters. The molecule has 1 aromatic rings. The molecule has 104 valence electrons. The van der Waals surface area contributed by atoms with Crippen LogP contribution < -0.4 is 10.6 Å². The van der Waals surface area contributed by atoms with Crippen molar-refractivity contribution in [2.45, 2.75) is 33.2 Å². The van der Waals surface area contributed by atoms with Crippen LogP contribution in [0.2, 0.25) is 0 Å². The fraction of sp³-hybridized carbons (Fsp3) is 0.462. The van der Waals surface area contributed by atoms with Crippen molar-refractivity contribution in [2.24, 2.45) is 5.92 Å². The molecule has 1 aromatic heterocycles. The zero-order valence-corrected chi connectivity index (χ0v) is 11.3. The highest BCUT2D eigenvalue weighted by Gasteiger charge is 2.19. The van der Waals surface area contributed by atoms with Crippen LogP contribution in [-0.2, 0) is 4.79 Å². The third-order valence-electron chi connectivity index (χ3n) is 2.80. The molecule has 0 saturated carbocycles. The van der Waals surface area contributed by atoms with E-state index in [1.165, 1.54) is 0 Å². The zero-order valence-electron chi connectivity index (χ0n) is 11.3. The molecule has 19 heavy (non-hydrogen) atoms. The third-order valence-corrected chi connectivity index (χ3v) is 2.80. The highest BCUT2D eigenvalue weighted by Crippen LogP contribution is 2.12. The summed E-state index contributed by atoms with van der Waals surface area (Å²) in [4.78, 5) is 26.5. The normalized spacial score (nSPS) is 12.0. The molecule has 2 amide bonds. The minimum Gasteiger partial charge on any atom is -0.481 e. The molecule has 0 aliphatic heterocycles. The second-order valence-electron chi connectivity index (χ2n) is 4.74. The molecule has 0 saturated heterocycles. The van der Waals surface area contributed by atoms with E-state index in [1.807, 2.05) is 20.8 Å². The van der Waals surface area contributed by atoms with Gasteiger partial charge < -0.3 is 15.7 Å². The van der Waals surface area contributed by atoms with E-state index in [4.69, 9.17) is 5.11 Å². The molecule has 1 heterocycles. The van der Waals surface area contributed by atoms with Gasteiger partial charge in [-0.1, -0.05) is 13.8 Å². The van der Waals surface area contributed by atoms with Gasteiger partial charge in [0.2, 0.25) is 0 Å². The summed E-state index contributed by atoms with van der Waals surface area (Å²) < 4.78 is 0. The molecule has 0 aliphatic rings. The van der Waals surface area contributed by atoms with Crippen LogP contribution in [0, 0.1) is 12.8 Å². The van der Waals surface area contributed by atoms with Crippen LogP contribution in [0.4, 0.5) is 10.5 Å². The zero-order chi connectivity index (χ0) is 14.4. The number of aromatic nitrogens is 1. The quantitative estimate of drug-likeness (QED) is 0.759. The van der Waals surface area contributed by atoms with E-state index in [-0.39, 0.29) is 12.3 Å². The van der Waals surface area contributed by atoms with Crippen LogP contribution >= 0.6 is 0 Å². The van der Waals surface area contributed by atoms with Crippen LogP contribution in [0.3, 0.4) is 0 Å². The minimum atomic E-state index is -0.934. The second-order valence-corrected chi connectivity index (χ2v) is 4.74. The number of carbonyl (C=O) groups excluding carboxylic acids is 1. The van der Waals surface area contributed by atoms with E-state index in [0.29, 0.717) is 5.69 Å². The number of carboxylic acids is 1. The highest BCUT2D eigenvalue weighted by molar-refractivity contribution is 5.90. The Kier molecular flexibility index (Phi) is 5.29. The van der Waals surface area contributed by atoms with Crippen LogP contribution in [0.25, 0.3) is 0 Å². The predicted molar refractivity (Wildman–Crippen MR) is 72.0 cm³/mol. The lowest BCUT2D eigenvalue weighted by Crippen LogP contribution is -2.42. The molecule has 0 bridgehead atoms. The Labute approximate surface area is 112 Å². The topological polar surface area (TPSA) is 91.3 Å². The summed E-state index contributed by atoms with van der Waals surface area (Å²) in [6.07, 6.45) is 3.09. The predicted octanol–water partition coefficient (Wildman–Crippen LogP) is 2.01. The first-order valence-corrected chi connectivity index (χ1v) is 6.10. The molecule has 6 nitrogen and oxygen atoms in total. The van der Waals surface area contributed by atoms with Crippen LogP contribution in [0.5, 0.6) is 0 Å². The van der Waals surface area contributed by atoms with Gasteiger partial charge in [-0.3, -0.25) is 9.78 Å². The van der Waals surface area contributed by atoms with Crippen molar-refractivity contribution in [1.82, 2.24) is 10.3 Å². The largest absolute Gasteiger partial charge is 0.481 e. The lowest BCUT2D eigenvalue weighted by molar-refractivity contribution is -0.137. The summed E-state index contributed by atoms with van der Waals surface area (Å²) in [5.74, 6) is -0.895. The number of nitrogens with one attached hydrogen (secondary N) is 2. The number of urea groups is 1. The van der Waals surface area contributed by atoms with Gasteiger partial charge in [-0.25, -0.2) is 4.79 Å². The number of amides is 2. The Balaban J connectivity index is 2.63. The van der Waals surface area contributed by atoms with E-state index in [1.54, 1.807) is 18.5 Å². The standard InChI is InChI=1S/C13H19N3O3/c1-8(2)10(6-12(17)18)15-13(19)16-11-7-14-5-4-9(11)3/h4-5,7-8,10H,6H2,1-3H3,(H,17,18)(H2,15,16,19). The highest BCUT2D eigenvalue weighted by atomic mass is 16.4. The maximum atomic E-state index is 11.8. The fourth-order valence-electron chi connectivity index (χ4n) is 1.56. The SMILES string of the molecule is Cc1ccncc1NC(=O)NC(CC(=O)O)C(C)C. The Hall–Kier alpha value is -2.11. The second kappa shape index (κ2) is 6.72. The van der Waals surface area contributed by atoms with Gasteiger partial charge in [-0.05, 0) is 24.5 Å². The van der Waals surface area contributed by atoms with Crippen molar-refractivity contribution >= 4 is 17.7 Å². The lowest BCUT2D eigenvalue weighted by Gasteiger charge is -2.21. The van der Waals surface area contributed by atoms with Crippen LogP contribution in [0.1, 0.15) is 25.8 Å². The third kappa shape index (κ3) is 4.95. The van der Waals surface area contributed by atoms with Crippen molar-refractivity contribution in [3.63, 3.8) is 0 Å². The first kappa shape index (κ1) is 14.9. The molecular formula is C13H19N3O3. The van der Waals surface area contributed by atoms with Gasteiger partial charge in [-0.2, -0.15) is 0 Å². The number of carbonyl (C=O) groups is 2. The van der Waals surface area contributed by atoms with Crippen LogP contribution in [0.15, 0.2) is 18.5 Å². The molecule has 6 heteroatoms. The average Bonchev–Trinajstić information content (AvgIpc) is 2.30. The molecule has 0 aliphatic carbocycles. The monoisotopic (exact) mass is 265 g/mol. The van der Waals surface area contributed by atoms with Crippen molar-refractivity contribution in [1.29, 1.82) is 0 Å². The number of rotatable bonds is 5. The molecule has 3 N–H and O–H groups in total. The van der Waals surface area contributed by atoms with Crippen molar-refractivity contribution in [3.8, 4) is 0 Å². The first-order chi connectivity index (χ1) is 8.90. The maximum absolute atomic E-state index is 11.8.